The Labute approximate surface area is 160 Å². The number of nitrogens with one attached hydrogen (secondary N) is 2. The van der Waals surface area contributed by atoms with Crippen molar-refractivity contribution in [2.75, 3.05) is 24.5 Å². The van der Waals surface area contributed by atoms with Gasteiger partial charge in [0.25, 0.3) is 5.91 Å². The molecule has 4 aliphatic carbocycles. The van der Waals surface area contributed by atoms with Crippen molar-refractivity contribution in [3.05, 3.63) is 18.0 Å². The number of amides is 1. The van der Waals surface area contributed by atoms with Crippen LogP contribution in [0.3, 0.4) is 0 Å². The molecule has 3 N–H and O–H groups in total. The fourth-order valence-corrected chi connectivity index (χ4v) is 6.19. The second kappa shape index (κ2) is 6.41. The SMILES string of the molecule is CC1CNCCN1c1nccc(C(=O)NC2C3CC4CC2CC(O)(C4)C3)n1. The smallest absolute Gasteiger partial charge is 0.270 e. The summed E-state index contributed by atoms with van der Waals surface area (Å²) in [5.41, 5.74) is -0.0311. The first-order chi connectivity index (χ1) is 13.0. The third kappa shape index (κ3) is 3.10. The van der Waals surface area contributed by atoms with Gasteiger partial charge in [0.15, 0.2) is 0 Å². The molecule has 3 unspecified atom stereocenters. The molecule has 0 radical (unpaired) electrons. The van der Waals surface area contributed by atoms with Crippen molar-refractivity contribution in [2.24, 2.45) is 17.8 Å². The molecule has 1 aromatic rings. The van der Waals surface area contributed by atoms with Crippen molar-refractivity contribution in [2.45, 2.75) is 56.7 Å². The van der Waals surface area contributed by atoms with Gasteiger partial charge in [-0.1, -0.05) is 0 Å². The molecule has 7 heteroatoms. The lowest BCUT2D eigenvalue weighted by Gasteiger charge is -2.58. The molecule has 3 atom stereocenters. The molecule has 5 fully saturated rings. The summed E-state index contributed by atoms with van der Waals surface area (Å²) >= 11 is 0. The highest BCUT2D eigenvalue weighted by molar-refractivity contribution is 5.92. The third-order valence-corrected chi connectivity index (χ3v) is 7.17. The summed E-state index contributed by atoms with van der Waals surface area (Å²) in [6, 6.07) is 2.18. The average Bonchev–Trinajstić information content (AvgIpc) is 2.64. The van der Waals surface area contributed by atoms with Crippen LogP contribution in [0.4, 0.5) is 5.95 Å². The Kier molecular flexibility index (Phi) is 4.13. The van der Waals surface area contributed by atoms with Crippen LogP contribution in [0.15, 0.2) is 12.3 Å². The van der Waals surface area contributed by atoms with E-state index in [-0.39, 0.29) is 11.9 Å². The maximum atomic E-state index is 12.9. The number of nitrogens with zero attached hydrogens (tertiary/aromatic N) is 3. The number of carbonyl (C=O) groups is 1. The van der Waals surface area contributed by atoms with Gasteiger partial charge in [0.1, 0.15) is 5.69 Å². The Morgan fingerprint density at radius 2 is 2.11 bits per heavy atom. The zero-order valence-corrected chi connectivity index (χ0v) is 15.9. The minimum absolute atomic E-state index is 0.106. The number of piperazine rings is 1. The molecular weight excluding hydrogens is 342 g/mol. The highest BCUT2D eigenvalue weighted by atomic mass is 16.3. The second-order valence-electron chi connectivity index (χ2n) is 9.18. The molecule has 5 aliphatic rings. The monoisotopic (exact) mass is 371 g/mol. The number of anilines is 1. The molecule has 6 rings (SSSR count). The van der Waals surface area contributed by atoms with Crippen molar-refractivity contribution in [1.82, 2.24) is 20.6 Å². The van der Waals surface area contributed by atoms with E-state index in [1.54, 1.807) is 12.3 Å². The quantitative estimate of drug-likeness (QED) is 0.733. The predicted molar refractivity (Wildman–Crippen MR) is 101 cm³/mol. The van der Waals surface area contributed by atoms with Gasteiger partial charge in [-0.05, 0) is 62.8 Å². The Hall–Kier alpha value is -1.73. The maximum absolute atomic E-state index is 12.9. The number of aromatic nitrogens is 2. The highest BCUT2D eigenvalue weighted by Gasteiger charge is 2.55. The summed E-state index contributed by atoms with van der Waals surface area (Å²) in [6.07, 6.45) is 6.58. The minimum atomic E-state index is -0.474. The van der Waals surface area contributed by atoms with E-state index in [2.05, 4.69) is 32.4 Å². The summed E-state index contributed by atoms with van der Waals surface area (Å²) in [4.78, 5) is 24.1. The maximum Gasteiger partial charge on any atom is 0.270 e. The molecule has 1 amide bonds. The highest BCUT2D eigenvalue weighted by Crippen LogP contribution is 2.55. The molecule has 146 valence electrons. The number of hydrogen-bond acceptors (Lipinski definition) is 6. The van der Waals surface area contributed by atoms with Crippen molar-refractivity contribution >= 4 is 11.9 Å². The van der Waals surface area contributed by atoms with E-state index in [9.17, 15) is 9.90 Å². The minimum Gasteiger partial charge on any atom is -0.390 e. The normalized spacial score (nSPS) is 40.2. The van der Waals surface area contributed by atoms with Crippen LogP contribution in [-0.2, 0) is 0 Å². The van der Waals surface area contributed by atoms with Crippen LogP contribution in [0, 0.1) is 17.8 Å². The summed E-state index contributed by atoms with van der Waals surface area (Å²) in [5.74, 6) is 1.97. The van der Waals surface area contributed by atoms with E-state index in [0.29, 0.717) is 35.4 Å². The Morgan fingerprint density at radius 1 is 1.33 bits per heavy atom. The Morgan fingerprint density at radius 3 is 2.81 bits per heavy atom. The van der Waals surface area contributed by atoms with E-state index in [0.717, 1.165) is 51.7 Å². The van der Waals surface area contributed by atoms with Gasteiger partial charge in [-0.15, -0.1) is 0 Å². The standard InChI is InChI=1S/C20H29N5O2/c1-12-11-21-4-5-25(12)19-22-3-2-16(23-19)18(26)24-17-14-6-13-7-15(17)10-20(27,8-13)9-14/h2-3,12-15,17,21,27H,4-11H2,1H3,(H,24,26). The molecule has 27 heavy (non-hydrogen) atoms. The van der Waals surface area contributed by atoms with E-state index < -0.39 is 5.60 Å². The van der Waals surface area contributed by atoms with E-state index >= 15 is 0 Å². The number of rotatable bonds is 3. The molecule has 0 spiro atoms. The summed E-state index contributed by atoms with van der Waals surface area (Å²) in [7, 11) is 0. The Bertz CT molecular complexity index is 725. The van der Waals surface area contributed by atoms with Crippen LogP contribution in [0.5, 0.6) is 0 Å². The molecule has 1 aliphatic heterocycles. The summed E-state index contributed by atoms with van der Waals surface area (Å²) < 4.78 is 0. The lowest BCUT2D eigenvalue weighted by atomic mass is 9.52. The first kappa shape index (κ1) is 17.4. The molecule has 1 saturated heterocycles. The molecule has 2 heterocycles. The van der Waals surface area contributed by atoms with Gasteiger partial charge in [-0.2, -0.15) is 0 Å². The lowest BCUT2D eigenvalue weighted by Crippen LogP contribution is -2.61. The fourth-order valence-electron chi connectivity index (χ4n) is 6.19. The van der Waals surface area contributed by atoms with Crippen LogP contribution in [0.25, 0.3) is 0 Å². The number of carbonyl (C=O) groups excluding carboxylic acids is 1. The Balaban J connectivity index is 1.31. The molecule has 4 saturated carbocycles. The molecule has 7 nitrogen and oxygen atoms in total. The lowest BCUT2D eigenvalue weighted by molar-refractivity contribution is -0.136. The molecule has 4 bridgehead atoms. The second-order valence-corrected chi connectivity index (χ2v) is 9.18. The fraction of sp³-hybridized carbons (Fsp3) is 0.750. The summed E-state index contributed by atoms with van der Waals surface area (Å²) in [6.45, 7) is 4.79. The van der Waals surface area contributed by atoms with E-state index in [1.807, 2.05) is 0 Å². The number of hydrogen-bond donors (Lipinski definition) is 3. The van der Waals surface area contributed by atoms with Crippen LogP contribution in [0.2, 0.25) is 0 Å². The van der Waals surface area contributed by atoms with Crippen LogP contribution in [-0.4, -0.2) is 58.3 Å². The van der Waals surface area contributed by atoms with Gasteiger partial charge in [0.2, 0.25) is 5.95 Å². The molecule has 1 aromatic heterocycles. The van der Waals surface area contributed by atoms with E-state index in [4.69, 9.17) is 0 Å². The molecule has 0 aromatic carbocycles. The van der Waals surface area contributed by atoms with Gasteiger partial charge in [-0.25, -0.2) is 9.97 Å². The van der Waals surface area contributed by atoms with Gasteiger partial charge in [-0.3, -0.25) is 4.79 Å². The number of aliphatic hydroxyl groups is 1. The van der Waals surface area contributed by atoms with Crippen LogP contribution < -0.4 is 15.5 Å². The van der Waals surface area contributed by atoms with Crippen molar-refractivity contribution in [3.63, 3.8) is 0 Å². The topological polar surface area (TPSA) is 90.4 Å². The van der Waals surface area contributed by atoms with Gasteiger partial charge >= 0.3 is 0 Å². The summed E-state index contributed by atoms with van der Waals surface area (Å²) in [5, 5.41) is 17.4. The third-order valence-electron chi connectivity index (χ3n) is 7.17. The van der Waals surface area contributed by atoms with Gasteiger partial charge < -0.3 is 20.6 Å². The zero-order valence-electron chi connectivity index (χ0n) is 15.9. The average molecular weight is 371 g/mol. The largest absolute Gasteiger partial charge is 0.390 e. The first-order valence-electron chi connectivity index (χ1n) is 10.3. The van der Waals surface area contributed by atoms with Crippen molar-refractivity contribution in [3.8, 4) is 0 Å². The zero-order chi connectivity index (χ0) is 18.6. The van der Waals surface area contributed by atoms with Gasteiger partial charge in [0.05, 0.1) is 5.60 Å². The van der Waals surface area contributed by atoms with Crippen LogP contribution >= 0.6 is 0 Å². The predicted octanol–water partition coefficient (Wildman–Crippen LogP) is 0.944. The van der Waals surface area contributed by atoms with Gasteiger partial charge in [0, 0.05) is 37.9 Å². The van der Waals surface area contributed by atoms with Crippen LogP contribution in [0.1, 0.15) is 49.5 Å². The molecular formula is C20H29N5O2. The first-order valence-corrected chi connectivity index (χ1v) is 10.3. The van der Waals surface area contributed by atoms with E-state index in [1.165, 1.54) is 0 Å². The van der Waals surface area contributed by atoms with Crippen molar-refractivity contribution in [1.29, 1.82) is 0 Å². The van der Waals surface area contributed by atoms with Crippen molar-refractivity contribution < 1.29 is 9.90 Å².